The second-order valence-electron chi connectivity index (χ2n) is 5.06. The van der Waals surface area contributed by atoms with Crippen LogP contribution in [0.1, 0.15) is 11.1 Å². The Morgan fingerprint density at radius 3 is 2.36 bits per heavy atom. The first-order valence-corrected chi connectivity index (χ1v) is 7.27. The Kier molecular flexibility index (Phi) is 6.25. The molecule has 0 saturated heterocycles. The summed E-state index contributed by atoms with van der Waals surface area (Å²) in [6.45, 7) is 2.78. The van der Waals surface area contributed by atoms with E-state index < -0.39 is 6.10 Å². The molecule has 0 fully saturated rings. The number of para-hydroxylation sites is 2. The summed E-state index contributed by atoms with van der Waals surface area (Å²) in [7, 11) is 1.63. The SMILES string of the molecule is COc1ccccc1COCC(O)COc1ccccc1C. The van der Waals surface area contributed by atoms with Crippen molar-refractivity contribution in [3.63, 3.8) is 0 Å². The number of hydrogen-bond donors (Lipinski definition) is 1. The largest absolute Gasteiger partial charge is 0.496 e. The number of hydrogen-bond acceptors (Lipinski definition) is 4. The molecule has 4 heteroatoms. The Bertz CT molecular complexity index is 583. The van der Waals surface area contributed by atoms with Crippen LogP contribution in [-0.2, 0) is 11.3 Å². The first-order chi connectivity index (χ1) is 10.7. The molecule has 0 bridgehead atoms. The summed E-state index contributed by atoms with van der Waals surface area (Å²) in [6.07, 6.45) is -0.672. The summed E-state index contributed by atoms with van der Waals surface area (Å²) in [4.78, 5) is 0. The topological polar surface area (TPSA) is 47.9 Å². The fraction of sp³-hybridized carbons (Fsp3) is 0.333. The fourth-order valence-electron chi connectivity index (χ4n) is 2.08. The van der Waals surface area contributed by atoms with Crippen LogP contribution in [-0.4, -0.2) is 31.5 Å². The van der Waals surface area contributed by atoms with Crippen molar-refractivity contribution in [3.8, 4) is 11.5 Å². The summed E-state index contributed by atoms with van der Waals surface area (Å²) < 4.78 is 16.4. The molecule has 0 amide bonds. The van der Waals surface area contributed by atoms with Gasteiger partial charge in [0, 0.05) is 5.56 Å². The summed E-state index contributed by atoms with van der Waals surface area (Å²) in [6, 6.07) is 15.4. The van der Waals surface area contributed by atoms with Crippen molar-refractivity contribution in [2.45, 2.75) is 19.6 Å². The van der Waals surface area contributed by atoms with Crippen molar-refractivity contribution in [2.75, 3.05) is 20.3 Å². The molecule has 0 radical (unpaired) electrons. The van der Waals surface area contributed by atoms with Crippen molar-refractivity contribution in [2.24, 2.45) is 0 Å². The van der Waals surface area contributed by atoms with Gasteiger partial charge >= 0.3 is 0 Å². The van der Waals surface area contributed by atoms with Crippen LogP contribution in [0.2, 0.25) is 0 Å². The summed E-state index contributed by atoms with van der Waals surface area (Å²) in [5, 5.41) is 9.92. The zero-order valence-electron chi connectivity index (χ0n) is 13.0. The van der Waals surface area contributed by atoms with Gasteiger partial charge in [0.1, 0.15) is 24.2 Å². The zero-order valence-corrected chi connectivity index (χ0v) is 13.0. The molecule has 0 aliphatic rings. The van der Waals surface area contributed by atoms with E-state index in [9.17, 15) is 5.11 Å². The van der Waals surface area contributed by atoms with Gasteiger partial charge < -0.3 is 19.3 Å². The Morgan fingerprint density at radius 1 is 0.955 bits per heavy atom. The molecule has 22 heavy (non-hydrogen) atoms. The van der Waals surface area contributed by atoms with E-state index in [1.165, 1.54) is 0 Å². The molecule has 1 unspecified atom stereocenters. The van der Waals surface area contributed by atoms with E-state index in [0.717, 1.165) is 22.6 Å². The summed E-state index contributed by atoms with van der Waals surface area (Å²) in [5.74, 6) is 1.57. The highest BCUT2D eigenvalue weighted by Gasteiger charge is 2.08. The average Bonchev–Trinajstić information content (AvgIpc) is 2.54. The maximum atomic E-state index is 9.92. The summed E-state index contributed by atoms with van der Waals surface area (Å²) >= 11 is 0. The number of aryl methyl sites for hydroxylation is 1. The predicted molar refractivity (Wildman–Crippen MR) is 85.3 cm³/mol. The minimum absolute atomic E-state index is 0.205. The van der Waals surface area contributed by atoms with Gasteiger partial charge in [-0.2, -0.15) is 0 Å². The van der Waals surface area contributed by atoms with Gasteiger partial charge in [0.25, 0.3) is 0 Å². The van der Waals surface area contributed by atoms with Crippen molar-refractivity contribution < 1.29 is 19.3 Å². The molecule has 2 aromatic carbocycles. The zero-order chi connectivity index (χ0) is 15.8. The number of benzene rings is 2. The van der Waals surface area contributed by atoms with Crippen LogP contribution in [0.5, 0.6) is 11.5 Å². The van der Waals surface area contributed by atoms with E-state index in [2.05, 4.69) is 0 Å². The molecule has 2 rings (SSSR count). The van der Waals surface area contributed by atoms with Crippen molar-refractivity contribution >= 4 is 0 Å². The van der Waals surface area contributed by atoms with Gasteiger partial charge in [-0.25, -0.2) is 0 Å². The van der Waals surface area contributed by atoms with Gasteiger partial charge in [-0.3, -0.25) is 0 Å². The maximum absolute atomic E-state index is 9.92. The van der Waals surface area contributed by atoms with Crippen LogP contribution >= 0.6 is 0 Å². The highest BCUT2D eigenvalue weighted by molar-refractivity contribution is 5.32. The third kappa shape index (κ3) is 4.76. The third-order valence-electron chi connectivity index (χ3n) is 3.29. The van der Waals surface area contributed by atoms with E-state index >= 15 is 0 Å². The second-order valence-corrected chi connectivity index (χ2v) is 5.06. The molecule has 118 valence electrons. The van der Waals surface area contributed by atoms with Crippen LogP contribution < -0.4 is 9.47 Å². The fourth-order valence-corrected chi connectivity index (χ4v) is 2.08. The molecule has 4 nitrogen and oxygen atoms in total. The van der Waals surface area contributed by atoms with Crippen LogP contribution in [0.3, 0.4) is 0 Å². The van der Waals surface area contributed by atoms with Gasteiger partial charge in [-0.15, -0.1) is 0 Å². The first-order valence-electron chi connectivity index (χ1n) is 7.27. The molecular formula is C18H22O4. The number of rotatable bonds is 8. The molecule has 0 heterocycles. The molecule has 0 aromatic heterocycles. The molecule has 0 aliphatic carbocycles. The lowest BCUT2D eigenvalue weighted by Crippen LogP contribution is -2.23. The number of methoxy groups -OCH3 is 1. The predicted octanol–water partition coefficient (Wildman–Crippen LogP) is 2.96. The first kappa shape index (κ1) is 16.3. The van der Waals surface area contributed by atoms with E-state index in [-0.39, 0.29) is 13.2 Å². The molecule has 1 N–H and O–H groups in total. The number of aliphatic hydroxyl groups excluding tert-OH is 1. The van der Waals surface area contributed by atoms with Gasteiger partial charge in [0.15, 0.2) is 0 Å². The van der Waals surface area contributed by atoms with E-state index in [0.29, 0.717) is 6.61 Å². The Morgan fingerprint density at radius 2 is 1.64 bits per heavy atom. The average molecular weight is 302 g/mol. The smallest absolute Gasteiger partial charge is 0.124 e. The van der Waals surface area contributed by atoms with Crippen LogP contribution in [0.4, 0.5) is 0 Å². The Labute approximate surface area is 131 Å². The maximum Gasteiger partial charge on any atom is 0.124 e. The highest BCUT2D eigenvalue weighted by Crippen LogP contribution is 2.18. The quantitative estimate of drug-likeness (QED) is 0.814. The van der Waals surface area contributed by atoms with E-state index in [1.54, 1.807) is 7.11 Å². The molecule has 0 saturated carbocycles. The Balaban J connectivity index is 1.74. The Hall–Kier alpha value is -2.04. The standard InChI is InChI=1S/C18H22O4/c1-14-7-3-5-9-17(14)22-13-16(19)12-21-11-15-8-4-6-10-18(15)20-2/h3-10,16,19H,11-13H2,1-2H3. The van der Waals surface area contributed by atoms with E-state index in [1.807, 2.05) is 55.5 Å². The third-order valence-corrected chi connectivity index (χ3v) is 3.29. The molecular weight excluding hydrogens is 280 g/mol. The van der Waals surface area contributed by atoms with Gasteiger partial charge in [-0.1, -0.05) is 36.4 Å². The van der Waals surface area contributed by atoms with Crippen molar-refractivity contribution in [1.82, 2.24) is 0 Å². The lowest BCUT2D eigenvalue weighted by molar-refractivity contribution is 0.00492. The second kappa shape index (κ2) is 8.41. The number of aliphatic hydroxyl groups is 1. The van der Waals surface area contributed by atoms with Crippen LogP contribution in [0.25, 0.3) is 0 Å². The normalized spacial score (nSPS) is 12.0. The lowest BCUT2D eigenvalue weighted by atomic mass is 10.2. The minimum atomic E-state index is -0.672. The summed E-state index contributed by atoms with van der Waals surface area (Å²) in [5.41, 5.74) is 2.00. The van der Waals surface area contributed by atoms with Crippen molar-refractivity contribution in [1.29, 1.82) is 0 Å². The van der Waals surface area contributed by atoms with E-state index in [4.69, 9.17) is 14.2 Å². The minimum Gasteiger partial charge on any atom is -0.496 e. The molecule has 0 spiro atoms. The van der Waals surface area contributed by atoms with Crippen LogP contribution in [0.15, 0.2) is 48.5 Å². The van der Waals surface area contributed by atoms with Gasteiger partial charge in [0.05, 0.1) is 20.3 Å². The monoisotopic (exact) mass is 302 g/mol. The van der Waals surface area contributed by atoms with Crippen molar-refractivity contribution in [3.05, 3.63) is 59.7 Å². The lowest BCUT2D eigenvalue weighted by Gasteiger charge is -2.14. The highest BCUT2D eigenvalue weighted by atomic mass is 16.5. The van der Waals surface area contributed by atoms with Gasteiger partial charge in [0.2, 0.25) is 0 Å². The molecule has 2 aromatic rings. The molecule has 0 aliphatic heterocycles. The van der Waals surface area contributed by atoms with Crippen LogP contribution in [0, 0.1) is 6.92 Å². The number of ether oxygens (including phenoxy) is 3. The van der Waals surface area contributed by atoms with Gasteiger partial charge in [-0.05, 0) is 24.6 Å². The molecule has 1 atom stereocenters.